The van der Waals surface area contributed by atoms with Crippen LogP contribution in [0.2, 0.25) is 0 Å². The number of nitrogens with zero attached hydrogens (tertiary/aromatic N) is 2. The molecule has 2 heterocycles. The van der Waals surface area contributed by atoms with E-state index in [1.165, 1.54) is 23.1 Å². The van der Waals surface area contributed by atoms with Crippen LogP contribution in [0.4, 0.5) is 0 Å². The molecule has 1 aromatic carbocycles. The Kier molecular flexibility index (Phi) is 6.29. The van der Waals surface area contributed by atoms with Crippen LogP contribution in [0.25, 0.3) is 10.9 Å². The van der Waals surface area contributed by atoms with E-state index in [4.69, 9.17) is 4.74 Å². The molecule has 0 fully saturated rings. The zero-order chi connectivity index (χ0) is 18.7. The molecule has 8 heteroatoms. The van der Waals surface area contributed by atoms with E-state index >= 15 is 0 Å². The van der Waals surface area contributed by atoms with Gasteiger partial charge in [-0.3, -0.25) is 14.2 Å². The van der Waals surface area contributed by atoms with Gasteiger partial charge in [0.25, 0.3) is 5.56 Å². The Balaban J connectivity index is 1.96. The van der Waals surface area contributed by atoms with Crippen molar-refractivity contribution in [1.82, 2.24) is 9.55 Å². The Labute approximate surface area is 167 Å². The zero-order valence-corrected chi connectivity index (χ0v) is 17.5. The van der Waals surface area contributed by atoms with Gasteiger partial charge in [0.15, 0.2) is 10.9 Å². The standard InChI is InChI=1S/C18H17BrN2O3S2/c1-11(9-24-2)21-17(23)12-5-3-4-6-13(12)20-18(21)25-10-14(22)15-7-8-16(19)26-15/h3-8,11H,9-10H2,1-2H3. The maximum absolute atomic E-state index is 12.9. The number of hydrogen-bond donors (Lipinski definition) is 0. The average Bonchev–Trinajstić information content (AvgIpc) is 3.06. The number of carbonyl (C=O) groups is 1. The van der Waals surface area contributed by atoms with Gasteiger partial charge in [-0.1, -0.05) is 23.9 Å². The fourth-order valence-corrected chi connectivity index (χ4v) is 4.99. The second-order valence-corrected chi connectivity index (χ2v) is 9.11. The fraction of sp³-hybridized carbons (Fsp3) is 0.278. The molecule has 0 aliphatic heterocycles. The molecule has 5 nitrogen and oxygen atoms in total. The van der Waals surface area contributed by atoms with Gasteiger partial charge in [0, 0.05) is 7.11 Å². The molecule has 136 valence electrons. The lowest BCUT2D eigenvalue weighted by molar-refractivity contribution is 0.102. The Bertz CT molecular complexity index is 1000. The molecule has 0 aliphatic rings. The number of carbonyl (C=O) groups excluding carboxylic acids is 1. The van der Waals surface area contributed by atoms with E-state index in [1.54, 1.807) is 23.8 Å². The molecular weight excluding hydrogens is 436 g/mol. The van der Waals surface area contributed by atoms with Crippen molar-refractivity contribution in [2.45, 2.75) is 18.1 Å². The third-order valence-corrected chi connectivity index (χ3v) is 6.42. The summed E-state index contributed by atoms with van der Waals surface area (Å²) in [4.78, 5) is 30.7. The van der Waals surface area contributed by atoms with Crippen LogP contribution in [0.3, 0.4) is 0 Å². The zero-order valence-electron chi connectivity index (χ0n) is 14.3. The summed E-state index contributed by atoms with van der Waals surface area (Å²) in [6.07, 6.45) is 0. The van der Waals surface area contributed by atoms with Crippen molar-refractivity contribution in [1.29, 1.82) is 0 Å². The van der Waals surface area contributed by atoms with E-state index in [0.717, 1.165) is 3.79 Å². The van der Waals surface area contributed by atoms with E-state index < -0.39 is 0 Å². The molecule has 0 bridgehead atoms. The molecule has 0 spiro atoms. The number of methoxy groups -OCH3 is 1. The monoisotopic (exact) mass is 452 g/mol. The number of ether oxygens (including phenoxy) is 1. The van der Waals surface area contributed by atoms with Gasteiger partial charge in [0.1, 0.15) is 0 Å². The van der Waals surface area contributed by atoms with Gasteiger partial charge < -0.3 is 4.74 Å². The van der Waals surface area contributed by atoms with Gasteiger partial charge in [0.2, 0.25) is 0 Å². The number of fused-ring (bicyclic) bond motifs is 1. The molecule has 0 saturated heterocycles. The number of rotatable bonds is 7. The second kappa shape index (κ2) is 8.47. The molecule has 1 atom stereocenters. The highest BCUT2D eigenvalue weighted by atomic mass is 79.9. The van der Waals surface area contributed by atoms with Crippen molar-refractivity contribution in [2.75, 3.05) is 19.5 Å². The quantitative estimate of drug-likeness (QED) is 0.302. The number of aromatic nitrogens is 2. The number of ketones is 1. The summed E-state index contributed by atoms with van der Waals surface area (Å²) in [5.74, 6) is 0.233. The van der Waals surface area contributed by atoms with E-state index in [9.17, 15) is 9.59 Å². The molecule has 3 rings (SSSR count). The van der Waals surface area contributed by atoms with Gasteiger partial charge in [-0.05, 0) is 47.1 Å². The van der Waals surface area contributed by atoms with Crippen LogP contribution in [0.15, 0.2) is 50.1 Å². The lowest BCUT2D eigenvalue weighted by atomic mass is 10.2. The fourth-order valence-electron chi connectivity index (χ4n) is 2.60. The first-order valence-electron chi connectivity index (χ1n) is 7.93. The number of thiophene rings is 1. The summed E-state index contributed by atoms with van der Waals surface area (Å²) >= 11 is 6.05. The smallest absolute Gasteiger partial charge is 0.262 e. The first-order valence-corrected chi connectivity index (χ1v) is 10.5. The molecule has 0 radical (unpaired) electrons. The number of benzene rings is 1. The second-order valence-electron chi connectivity index (χ2n) is 5.71. The van der Waals surface area contributed by atoms with E-state index in [0.29, 0.717) is 27.5 Å². The van der Waals surface area contributed by atoms with Crippen molar-refractivity contribution >= 4 is 55.7 Å². The topological polar surface area (TPSA) is 61.2 Å². The highest BCUT2D eigenvalue weighted by Crippen LogP contribution is 2.26. The highest BCUT2D eigenvalue weighted by molar-refractivity contribution is 9.11. The Morgan fingerprint density at radius 2 is 2.12 bits per heavy atom. The highest BCUT2D eigenvalue weighted by Gasteiger charge is 2.18. The van der Waals surface area contributed by atoms with Crippen molar-refractivity contribution in [3.8, 4) is 0 Å². The maximum atomic E-state index is 12.9. The molecule has 26 heavy (non-hydrogen) atoms. The minimum Gasteiger partial charge on any atom is -0.383 e. The predicted octanol–water partition coefficient (Wildman–Crippen LogP) is 4.40. The SMILES string of the molecule is COCC(C)n1c(SCC(=O)c2ccc(Br)s2)nc2ccccc2c1=O. The van der Waals surface area contributed by atoms with Crippen molar-refractivity contribution < 1.29 is 9.53 Å². The molecule has 0 saturated carbocycles. The van der Waals surface area contributed by atoms with Crippen molar-refractivity contribution in [3.05, 3.63) is 55.4 Å². The van der Waals surface area contributed by atoms with E-state index in [2.05, 4.69) is 20.9 Å². The molecule has 2 aromatic heterocycles. The minimum absolute atomic E-state index is 0.0130. The van der Waals surface area contributed by atoms with Crippen LogP contribution >= 0.6 is 39.0 Å². The molecule has 0 aliphatic carbocycles. The van der Waals surface area contributed by atoms with Crippen LogP contribution in [0.5, 0.6) is 0 Å². The van der Waals surface area contributed by atoms with Gasteiger partial charge in [0.05, 0.1) is 38.0 Å². The number of thioether (sulfide) groups is 1. The first-order chi connectivity index (χ1) is 12.5. The van der Waals surface area contributed by atoms with Crippen LogP contribution in [-0.4, -0.2) is 34.8 Å². The summed E-state index contributed by atoms with van der Waals surface area (Å²) in [5, 5.41) is 1.09. The van der Waals surface area contributed by atoms with Crippen molar-refractivity contribution in [2.24, 2.45) is 0 Å². The van der Waals surface area contributed by atoms with E-state index in [-0.39, 0.29) is 23.1 Å². The Morgan fingerprint density at radius 3 is 2.81 bits per heavy atom. The number of hydrogen-bond acceptors (Lipinski definition) is 6. The minimum atomic E-state index is -0.182. The lowest BCUT2D eigenvalue weighted by Crippen LogP contribution is -2.28. The normalized spacial score (nSPS) is 12.4. The van der Waals surface area contributed by atoms with Crippen LogP contribution < -0.4 is 5.56 Å². The summed E-state index contributed by atoms with van der Waals surface area (Å²) < 4.78 is 7.75. The summed E-state index contributed by atoms with van der Waals surface area (Å²) in [6.45, 7) is 2.29. The van der Waals surface area contributed by atoms with Gasteiger partial charge in [-0.15, -0.1) is 11.3 Å². The molecule has 0 amide bonds. The summed E-state index contributed by atoms with van der Waals surface area (Å²) in [5.41, 5.74) is 0.515. The number of Topliss-reactive ketones (excluding diaryl/α,β-unsaturated/α-hetero) is 1. The van der Waals surface area contributed by atoms with Gasteiger partial charge in [-0.25, -0.2) is 4.98 Å². The largest absolute Gasteiger partial charge is 0.383 e. The Morgan fingerprint density at radius 1 is 1.35 bits per heavy atom. The van der Waals surface area contributed by atoms with Crippen LogP contribution in [0.1, 0.15) is 22.6 Å². The molecular formula is C18H17BrN2O3S2. The van der Waals surface area contributed by atoms with Gasteiger partial charge in [-0.2, -0.15) is 0 Å². The maximum Gasteiger partial charge on any atom is 0.262 e. The molecule has 1 unspecified atom stereocenters. The summed E-state index contributed by atoms with van der Waals surface area (Å²) in [7, 11) is 1.60. The van der Waals surface area contributed by atoms with Crippen molar-refractivity contribution in [3.63, 3.8) is 0 Å². The Hall–Kier alpha value is -1.48. The molecule has 0 N–H and O–H groups in total. The van der Waals surface area contributed by atoms with Crippen LogP contribution in [0, 0.1) is 0 Å². The third kappa shape index (κ3) is 4.09. The lowest BCUT2D eigenvalue weighted by Gasteiger charge is -2.18. The number of halogens is 1. The van der Waals surface area contributed by atoms with Crippen LogP contribution in [-0.2, 0) is 4.74 Å². The van der Waals surface area contributed by atoms with Gasteiger partial charge >= 0.3 is 0 Å². The third-order valence-electron chi connectivity index (χ3n) is 3.80. The predicted molar refractivity (Wildman–Crippen MR) is 110 cm³/mol. The van der Waals surface area contributed by atoms with E-state index in [1.807, 2.05) is 31.2 Å². The number of para-hydroxylation sites is 1. The average molecular weight is 453 g/mol. The first kappa shape index (κ1) is 19.3. The molecule has 3 aromatic rings. The summed E-state index contributed by atoms with van der Waals surface area (Å²) in [6, 6.07) is 10.7.